The van der Waals surface area contributed by atoms with Gasteiger partial charge in [0, 0.05) is 23.7 Å². The highest BCUT2D eigenvalue weighted by Gasteiger charge is 2.32. The van der Waals surface area contributed by atoms with Crippen molar-refractivity contribution in [3.8, 4) is 5.75 Å². The van der Waals surface area contributed by atoms with Gasteiger partial charge in [-0.05, 0) is 19.4 Å². The van der Waals surface area contributed by atoms with E-state index in [1.165, 1.54) is 6.07 Å². The number of nitrogens with one attached hydrogen (secondary N) is 1. The second kappa shape index (κ2) is 6.41. The van der Waals surface area contributed by atoms with E-state index in [0.717, 1.165) is 6.07 Å². The predicted molar refractivity (Wildman–Crippen MR) is 65.7 cm³/mol. The van der Waals surface area contributed by atoms with Crippen LogP contribution in [0.5, 0.6) is 5.75 Å². The predicted octanol–water partition coefficient (Wildman–Crippen LogP) is 2.97. The first kappa shape index (κ1) is 16.7. The summed E-state index contributed by atoms with van der Waals surface area (Å²) in [4.78, 5) is 0. The second-order valence-electron chi connectivity index (χ2n) is 4.73. The number of aliphatic hydroxyl groups is 1. The molecule has 0 aliphatic carbocycles. The molecular formula is C13H17F4NO2. The van der Waals surface area contributed by atoms with Gasteiger partial charge in [0.2, 0.25) is 0 Å². The Hall–Kier alpha value is -1.34. The lowest BCUT2D eigenvalue weighted by Crippen LogP contribution is -2.44. The van der Waals surface area contributed by atoms with Crippen LogP contribution in [0.2, 0.25) is 0 Å². The summed E-state index contributed by atoms with van der Waals surface area (Å²) in [6.07, 6.45) is -4.30. The van der Waals surface area contributed by atoms with Gasteiger partial charge in [0.15, 0.2) is 0 Å². The smallest absolute Gasteiger partial charge is 0.405 e. The normalized spacial score (nSPS) is 14.9. The molecule has 1 unspecified atom stereocenters. The summed E-state index contributed by atoms with van der Waals surface area (Å²) in [7, 11) is 0. The Kier molecular flexibility index (Phi) is 5.35. The molecule has 3 nitrogen and oxygen atoms in total. The highest BCUT2D eigenvalue weighted by molar-refractivity contribution is 5.34. The van der Waals surface area contributed by atoms with Crippen LogP contribution in [0.25, 0.3) is 0 Å². The van der Waals surface area contributed by atoms with Gasteiger partial charge in [-0.3, -0.25) is 0 Å². The van der Waals surface area contributed by atoms with Crippen LogP contribution in [0, 0.1) is 5.82 Å². The van der Waals surface area contributed by atoms with Crippen molar-refractivity contribution in [3.05, 3.63) is 29.6 Å². The van der Waals surface area contributed by atoms with Crippen molar-refractivity contribution < 1.29 is 27.4 Å². The highest BCUT2D eigenvalue weighted by atomic mass is 19.4. The van der Waals surface area contributed by atoms with E-state index in [0.29, 0.717) is 12.5 Å². The van der Waals surface area contributed by atoms with E-state index in [4.69, 9.17) is 0 Å². The van der Waals surface area contributed by atoms with E-state index in [1.807, 2.05) is 6.92 Å². The highest BCUT2D eigenvalue weighted by Crippen LogP contribution is 2.27. The Morgan fingerprint density at radius 1 is 1.30 bits per heavy atom. The van der Waals surface area contributed by atoms with E-state index in [-0.39, 0.29) is 18.7 Å². The van der Waals surface area contributed by atoms with Crippen molar-refractivity contribution in [2.75, 3.05) is 6.61 Å². The Labute approximate surface area is 114 Å². The van der Waals surface area contributed by atoms with Gasteiger partial charge in [0.1, 0.15) is 11.6 Å². The topological polar surface area (TPSA) is 41.5 Å². The van der Waals surface area contributed by atoms with Crippen LogP contribution in [0.3, 0.4) is 0 Å². The zero-order valence-corrected chi connectivity index (χ0v) is 11.2. The minimum Gasteiger partial charge on any atom is -0.405 e. The molecule has 0 aromatic heterocycles. The molecule has 0 aliphatic rings. The maximum atomic E-state index is 13.0. The summed E-state index contributed by atoms with van der Waals surface area (Å²) in [5, 5.41) is 12.2. The van der Waals surface area contributed by atoms with E-state index < -0.39 is 23.5 Å². The van der Waals surface area contributed by atoms with E-state index >= 15 is 0 Å². The van der Waals surface area contributed by atoms with E-state index in [2.05, 4.69) is 10.1 Å². The third-order valence-electron chi connectivity index (χ3n) is 3.09. The number of hydrogen-bond acceptors (Lipinski definition) is 3. The quantitative estimate of drug-likeness (QED) is 0.793. The molecule has 0 aliphatic heterocycles. The van der Waals surface area contributed by atoms with Crippen molar-refractivity contribution in [1.82, 2.24) is 5.32 Å². The molecule has 114 valence electrons. The zero-order chi connectivity index (χ0) is 15.4. The SMILES string of the molecule is CCC(C)(CO)NCc1ccc(F)cc1OC(F)(F)F. The van der Waals surface area contributed by atoms with Gasteiger partial charge >= 0.3 is 6.36 Å². The lowest BCUT2D eigenvalue weighted by molar-refractivity contribution is -0.275. The van der Waals surface area contributed by atoms with Gasteiger partial charge in [-0.2, -0.15) is 0 Å². The number of ether oxygens (including phenoxy) is 1. The van der Waals surface area contributed by atoms with Crippen molar-refractivity contribution in [2.45, 2.75) is 38.7 Å². The summed E-state index contributed by atoms with van der Waals surface area (Å²) in [5.74, 6) is -1.39. The molecule has 0 saturated heterocycles. The summed E-state index contributed by atoms with van der Waals surface area (Å²) < 4.78 is 53.6. The summed E-state index contributed by atoms with van der Waals surface area (Å²) in [6, 6.07) is 2.96. The number of hydrogen-bond donors (Lipinski definition) is 2. The average Bonchev–Trinajstić information content (AvgIpc) is 2.35. The number of benzene rings is 1. The zero-order valence-electron chi connectivity index (χ0n) is 11.2. The van der Waals surface area contributed by atoms with Crippen LogP contribution in [0.1, 0.15) is 25.8 Å². The molecule has 0 radical (unpaired) electrons. The van der Waals surface area contributed by atoms with Crippen molar-refractivity contribution in [2.24, 2.45) is 0 Å². The fourth-order valence-corrected chi connectivity index (χ4v) is 1.50. The van der Waals surface area contributed by atoms with Crippen LogP contribution >= 0.6 is 0 Å². The van der Waals surface area contributed by atoms with E-state index in [1.54, 1.807) is 6.92 Å². The molecule has 0 heterocycles. The fraction of sp³-hybridized carbons (Fsp3) is 0.538. The third-order valence-corrected chi connectivity index (χ3v) is 3.09. The van der Waals surface area contributed by atoms with E-state index in [9.17, 15) is 22.7 Å². The Morgan fingerprint density at radius 2 is 1.95 bits per heavy atom. The number of alkyl halides is 3. The first-order valence-corrected chi connectivity index (χ1v) is 6.09. The maximum absolute atomic E-state index is 13.0. The number of aliphatic hydroxyl groups excluding tert-OH is 1. The number of rotatable bonds is 6. The standard InChI is InChI=1S/C13H17F4NO2/c1-3-12(2,8-19)18-7-9-4-5-10(14)6-11(9)20-13(15,16)17/h4-6,18-19H,3,7-8H2,1-2H3. The lowest BCUT2D eigenvalue weighted by Gasteiger charge is -2.27. The van der Waals surface area contributed by atoms with Crippen molar-refractivity contribution in [3.63, 3.8) is 0 Å². The maximum Gasteiger partial charge on any atom is 0.573 e. The van der Waals surface area contributed by atoms with Gasteiger partial charge < -0.3 is 15.2 Å². The molecule has 7 heteroatoms. The second-order valence-corrected chi connectivity index (χ2v) is 4.73. The lowest BCUT2D eigenvalue weighted by atomic mass is 10.00. The molecule has 0 saturated carbocycles. The summed E-state index contributed by atoms with van der Waals surface area (Å²) >= 11 is 0. The summed E-state index contributed by atoms with van der Waals surface area (Å²) in [5.41, 5.74) is -0.457. The minimum absolute atomic E-state index is 0.0244. The van der Waals surface area contributed by atoms with Gasteiger partial charge in [-0.25, -0.2) is 4.39 Å². The molecule has 20 heavy (non-hydrogen) atoms. The minimum atomic E-state index is -4.88. The van der Waals surface area contributed by atoms with Gasteiger partial charge in [0.25, 0.3) is 0 Å². The molecule has 0 spiro atoms. The molecule has 0 bridgehead atoms. The van der Waals surface area contributed by atoms with Crippen LogP contribution in [0.15, 0.2) is 18.2 Å². The van der Waals surface area contributed by atoms with Crippen LogP contribution in [0.4, 0.5) is 17.6 Å². The monoisotopic (exact) mass is 295 g/mol. The molecule has 1 aromatic carbocycles. The third kappa shape index (κ3) is 4.97. The fourth-order valence-electron chi connectivity index (χ4n) is 1.50. The molecular weight excluding hydrogens is 278 g/mol. The summed E-state index contributed by atoms with van der Waals surface area (Å²) in [6.45, 7) is 3.43. The van der Waals surface area contributed by atoms with Gasteiger partial charge in [-0.1, -0.05) is 13.0 Å². The van der Waals surface area contributed by atoms with Crippen LogP contribution in [-0.2, 0) is 6.54 Å². The molecule has 1 rings (SSSR count). The molecule has 0 fully saturated rings. The Balaban J connectivity index is 2.89. The largest absolute Gasteiger partial charge is 0.573 e. The Bertz CT molecular complexity index is 444. The van der Waals surface area contributed by atoms with Crippen LogP contribution in [-0.4, -0.2) is 23.6 Å². The Morgan fingerprint density at radius 3 is 2.45 bits per heavy atom. The molecule has 1 aromatic rings. The van der Waals surface area contributed by atoms with Gasteiger partial charge in [0.05, 0.1) is 6.61 Å². The van der Waals surface area contributed by atoms with Crippen molar-refractivity contribution in [1.29, 1.82) is 0 Å². The van der Waals surface area contributed by atoms with Crippen LogP contribution < -0.4 is 10.1 Å². The van der Waals surface area contributed by atoms with Gasteiger partial charge in [-0.15, -0.1) is 13.2 Å². The molecule has 2 N–H and O–H groups in total. The number of halogens is 4. The molecule has 1 atom stereocenters. The molecule has 0 amide bonds. The van der Waals surface area contributed by atoms with Crippen molar-refractivity contribution >= 4 is 0 Å². The first-order valence-electron chi connectivity index (χ1n) is 6.09. The average molecular weight is 295 g/mol. The first-order chi connectivity index (χ1) is 9.19.